The summed E-state index contributed by atoms with van der Waals surface area (Å²) < 4.78 is 5.18. The quantitative estimate of drug-likeness (QED) is 0.408. The molecule has 0 aromatic heterocycles. The number of carbonyl (C=O) groups excluding carboxylic acids is 2. The molecule has 2 amide bonds. The number of thiocarbonyl (C=S) groups is 1. The molecule has 0 N–H and O–H groups in total. The monoisotopic (exact) mass is 364 g/mol. The molecule has 0 saturated carbocycles. The molecule has 7 heteroatoms. The third-order valence-corrected chi connectivity index (χ3v) is 3.79. The highest BCUT2D eigenvalue weighted by atomic mass is 79.9. The zero-order valence-corrected chi connectivity index (χ0v) is 14.2. The van der Waals surface area contributed by atoms with E-state index in [0.29, 0.717) is 49.6 Å². The second kappa shape index (κ2) is 9.28. The fourth-order valence-electron chi connectivity index (χ4n) is 2.04. The van der Waals surface area contributed by atoms with Crippen molar-refractivity contribution in [1.82, 2.24) is 9.80 Å². The van der Waals surface area contributed by atoms with Crippen LogP contribution >= 0.6 is 28.1 Å². The highest BCUT2D eigenvalue weighted by Crippen LogP contribution is 2.07. The van der Waals surface area contributed by atoms with E-state index in [1.54, 1.807) is 11.8 Å². The molecule has 1 fully saturated rings. The lowest BCUT2D eigenvalue weighted by molar-refractivity contribution is -0.138. The van der Waals surface area contributed by atoms with Crippen LogP contribution in [0.4, 0.5) is 0 Å². The van der Waals surface area contributed by atoms with Gasteiger partial charge in [0.2, 0.25) is 11.8 Å². The van der Waals surface area contributed by atoms with Crippen LogP contribution in [0.2, 0.25) is 0 Å². The predicted molar refractivity (Wildman–Crippen MR) is 85.0 cm³/mol. The van der Waals surface area contributed by atoms with Gasteiger partial charge in [-0.05, 0) is 25.1 Å². The minimum atomic E-state index is 0.0878. The van der Waals surface area contributed by atoms with E-state index in [-0.39, 0.29) is 11.8 Å². The summed E-state index contributed by atoms with van der Waals surface area (Å²) in [5, 5.41) is 0.893. The van der Waals surface area contributed by atoms with E-state index in [2.05, 4.69) is 15.9 Å². The van der Waals surface area contributed by atoms with E-state index in [0.717, 1.165) is 12.8 Å². The molecule has 1 heterocycles. The standard InChI is InChI=1S/C13H21BrN2O3S/c1-11(20)19-9-3-2-4-12(17)15-5-7-16(8-6-15)13(18)10-14/h2-10H2,1H3. The Labute approximate surface area is 133 Å². The maximum atomic E-state index is 12.0. The van der Waals surface area contributed by atoms with Crippen molar-refractivity contribution >= 4 is 45.0 Å². The van der Waals surface area contributed by atoms with Crippen molar-refractivity contribution in [3.8, 4) is 0 Å². The molecule has 1 aliphatic rings. The smallest absolute Gasteiger partial charge is 0.233 e. The first kappa shape index (κ1) is 17.4. The molecule has 0 radical (unpaired) electrons. The van der Waals surface area contributed by atoms with Gasteiger partial charge in [-0.3, -0.25) is 9.59 Å². The fraction of sp³-hybridized carbons (Fsp3) is 0.769. The van der Waals surface area contributed by atoms with Gasteiger partial charge in [-0.15, -0.1) is 0 Å². The molecule has 114 valence electrons. The molecule has 20 heavy (non-hydrogen) atoms. The first-order valence-corrected chi connectivity index (χ1v) is 8.32. The maximum Gasteiger partial charge on any atom is 0.233 e. The van der Waals surface area contributed by atoms with E-state index in [1.807, 2.05) is 4.90 Å². The van der Waals surface area contributed by atoms with Crippen molar-refractivity contribution in [1.29, 1.82) is 0 Å². The largest absolute Gasteiger partial charge is 0.487 e. The molecule has 0 bridgehead atoms. The number of piperazine rings is 1. The predicted octanol–water partition coefficient (Wildman–Crippen LogP) is 1.59. The van der Waals surface area contributed by atoms with Crippen LogP contribution < -0.4 is 0 Å². The third-order valence-electron chi connectivity index (χ3n) is 3.19. The van der Waals surface area contributed by atoms with Gasteiger partial charge >= 0.3 is 0 Å². The van der Waals surface area contributed by atoms with Crippen LogP contribution in [0, 0.1) is 0 Å². The van der Waals surface area contributed by atoms with E-state index >= 15 is 0 Å². The summed E-state index contributed by atoms with van der Waals surface area (Å²) in [5.41, 5.74) is 0. The Morgan fingerprint density at radius 3 is 2.15 bits per heavy atom. The van der Waals surface area contributed by atoms with E-state index < -0.39 is 0 Å². The second-order valence-electron chi connectivity index (χ2n) is 4.69. The number of nitrogens with zero attached hydrogens (tertiary/aromatic N) is 2. The van der Waals surface area contributed by atoms with E-state index in [1.165, 1.54) is 0 Å². The van der Waals surface area contributed by atoms with Crippen molar-refractivity contribution in [2.24, 2.45) is 0 Å². The number of rotatable bonds is 6. The van der Waals surface area contributed by atoms with Crippen LogP contribution in [0.5, 0.6) is 0 Å². The summed E-state index contributed by atoms with van der Waals surface area (Å²) in [6, 6.07) is 0. The third kappa shape index (κ3) is 6.17. The van der Waals surface area contributed by atoms with Crippen LogP contribution in [0.3, 0.4) is 0 Å². The number of hydrogen-bond donors (Lipinski definition) is 0. The zero-order chi connectivity index (χ0) is 15.0. The molecular formula is C13H21BrN2O3S. The van der Waals surface area contributed by atoms with Gasteiger partial charge in [-0.2, -0.15) is 0 Å². The molecule has 0 aromatic carbocycles. The van der Waals surface area contributed by atoms with Crippen molar-refractivity contribution in [2.75, 3.05) is 38.1 Å². The van der Waals surface area contributed by atoms with Crippen LogP contribution in [-0.4, -0.2) is 64.8 Å². The lowest BCUT2D eigenvalue weighted by Gasteiger charge is -2.34. The Bertz CT molecular complexity index is 358. The summed E-state index contributed by atoms with van der Waals surface area (Å²) in [7, 11) is 0. The molecule has 1 saturated heterocycles. The number of carbonyl (C=O) groups is 2. The average molecular weight is 365 g/mol. The number of ether oxygens (including phenoxy) is 1. The molecule has 0 atom stereocenters. The van der Waals surface area contributed by atoms with Gasteiger partial charge in [-0.1, -0.05) is 15.9 Å². The molecular weight excluding hydrogens is 344 g/mol. The van der Waals surface area contributed by atoms with Gasteiger partial charge in [0.05, 0.1) is 11.9 Å². The first-order chi connectivity index (χ1) is 9.54. The Morgan fingerprint density at radius 1 is 1.10 bits per heavy atom. The van der Waals surface area contributed by atoms with Crippen LogP contribution in [0.15, 0.2) is 0 Å². The Balaban J connectivity index is 2.16. The van der Waals surface area contributed by atoms with Crippen molar-refractivity contribution in [3.63, 3.8) is 0 Å². The summed E-state index contributed by atoms with van der Waals surface area (Å²) in [6.07, 6.45) is 2.18. The van der Waals surface area contributed by atoms with Crippen LogP contribution in [-0.2, 0) is 14.3 Å². The number of halogens is 1. The maximum absolute atomic E-state index is 12.0. The normalized spacial score (nSPS) is 15.1. The molecule has 5 nitrogen and oxygen atoms in total. The molecule has 0 aromatic rings. The molecule has 1 rings (SSSR count). The number of unbranched alkanes of at least 4 members (excludes halogenated alkanes) is 1. The lowest BCUT2D eigenvalue weighted by Crippen LogP contribution is -2.50. The van der Waals surface area contributed by atoms with Gasteiger partial charge in [0.25, 0.3) is 0 Å². The number of hydrogen-bond acceptors (Lipinski definition) is 4. The Kier molecular flexibility index (Phi) is 8.06. The van der Waals surface area contributed by atoms with Gasteiger partial charge in [0.15, 0.2) is 5.05 Å². The highest BCUT2D eigenvalue weighted by Gasteiger charge is 2.22. The summed E-state index contributed by atoms with van der Waals surface area (Å²) in [4.78, 5) is 27.1. The highest BCUT2D eigenvalue weighted by molar-refractivity contribution is 9.09. The zero-order valence-electron chi connectivity index (χ0n) is 11.8. The Hall–Kier alpha value is -0.690. The SMILES string of the molecule is CC(=S)OCCCCC(=O)N1CCN(C(=O)CBr)CC1. The lowest BCUT2D eigenvalue weighted by atomic mass is 10.2. The van der Waals surface area contributed by atoms with Gasteiger partial charge in [0, 0.05) is 39.5 Å². The molecule has 1 aliphatic heterocycles. The molecule has 0 spiro atoms. The summed E-state index contributed by atoms with van der Waals surface area (Å²) in [6.45, 7) is 4.84. The molecule has 0 aliphatic carbocycles. The van der Waals surface area contributed by atoms with E-state index in [4.69, 9.17) is 17.0 Å². The number of amides is 2. The fourth-order valence-corrected chi connectivity index (χ4v) is 2.48. The number of alkyl halides is 1. The van der Waals surface area contributed by atoms with Crippen LogP contribution in [0.1, 0.15) is 26.2 Å². The van der Waals surface area contributed by atoms with Gasteiger partial charge in [-0.25, -0.2) is 0 Å². The summed E-state index contributed by atoms with van der Waals surface area (Å²) >= 11 is 7.97. The molecule has 0 unspecified atom stereocenters. The van der Waals surface area contributed by atoms with Crippen LogP contribution in [0.25, 0.3) is 0 Å². The van der Waals surface area contributed by atoms with Crippen molar-refractivity contribution in [2.45, 2.75) is 26.2 Å². The topological polar surface area (TPSA) is 49.9 Å². The van der Waals surface area contributed by atoms with Gasteiger partial charge in [0.1, 0.15) is 0 Å². The van der Waals surface area contributed by atoms with Crippen molar-refractivity contribution < 1.29 is 14.3 Å². The van der Waals surface area contributed by atoms with E-state index in [9.17, 15) is 9.59 Å². The minimum Gasteiger partial charge on any atom is -0.487 e. The second-order valence-corrected chi connectivity index (χ2v) is 5.83. The van der Waals surface area contributed by atoms with Gasteiger partial charge < -0.3 is 14.5 Å². The first-order valence-electron chi connectivity index (χ1n) is 6.79. The minimum absolute atomic E-state index is 0.0878. The average Bonchev–Trinajstić information content (AvgIpc) is 2.45. The Morgan fingerprint density at radius 2 is 1.65 bits per heavy atom. The van der Waals surface area contributed by atoms with Crippen molar-refractivity contribution in [3.05, 3.63) is 0 Å². The summed E-state index contributed by atoms with van der Waals surface area (Å²) in [5.74, 6) is 0.250.